The van der Waals surface area contributed by atoms with Gasteiger partial charge in [-0.1, -0.05) is 50.2 Å². The number of hydrogen-bond donors (Lipinski definition) is 0. The molecule has 162 valence electrons. The molecule has 1 amide bonds. The van der Waals surface area contributed by atoms with Gasteiger partial charge in [0.05, 0.1) is 12.5 Å². The van der Waals surface area contributed by atoms with Crippen molar-refractivity contribution in [3.63, 3.8) is 0 Å². The van der Waals surface area contributed by atoms with Crippen LogP contribution < -0.4 is 4.74 Å². The zero-order valence-electron chi connectivity index (χ0n) is 18.4. The lowest BCUT2D eigenvalue weighted by Gasteiger charge is -2.16. The van der Waals surface area contributed by atoms with Gasteiger partial charge in [0, 0.05) is 25.1 Å². The average molecular weight is 420 g/mol. The van der Waals surface area contributed by atoms with Crippen molar-refractivity contribution in [2.45, 2.75) is 52.0 Å². The zero-order chi connectivity index (χ0) is 21.8. The molecule has 0 N–H and O–H groups in total. The van der Waals surface area contributed by atoms with Crippen LogP contribution in [0.15, 0.2) is 53.1 Å². The molecule has 1 fully saturated rings. The topological polar surface area (TPSA) is 68.5 Å². The highest BCUT2D eigenvalue weighted by Gasteiger charge is 2.34. The molecule has 1 aromatic heterocycles. The van der Waals surface area contributed by atoms with Crippen molar-refractivity contribution in [3.05, 3.63) is 65.5 Å². The number of carbonyl (C=O) groups excluding carboxylic acids is 1. The summed E-state index contributed by atoms with van der Waals surface area (Å²) >= 11 is 0. The molecular weight excluding hydrogens is 390 g/mol. The van der Waals surface area contributed by atoms with Gasteiger partial charge in [-0.15, -0.1) is 0 Å². The van der Waals surface area contributed by atoms with Gasteiger partial charge in [-0.2, -0.15) is 4.98 Å². The molecule has 1 saturated heterocycles. The van der Waals surface area contributed by atoms with Crippen LogP contribution in [-0.4, -0.2) is 34.1 Å². The molecule has 6 nitrogen and oxygen atoms in total. The number of carbonyl (C=O) groups is 1. The second-order valence-corrected chi connectivity index (χ2v) is 8.40. The van der Waals surface area contributed by atoms with E-state index in [2.05, 4.69) is 55.2 Å². The first-order chi connectivity index (χ1) is 15.0. The minimum absolute atomic E-state index is 0.0733. The fourth-order valence-corrected chi connectivity index (χ4v) is 3.76. The number of amides is 1. The Bertz CT molecular complexity index is 1010. The van der Waals surface area contributed by atoms with E-state index in [1.165, 1.54) is 5.56 Å². The Kier molecular flexibility index (Phi) is 6.35. The van der Waals surface area contributed by atoms with E-state index in [1.54, 1.807) is 0 Å². The summed E-state index contributed by atoms with van der Waals surface area (Å²) in [5.74, 6) is 2.43. The Morgan fingerprint density at radius 3 is 2.55 bits per heavy atom. The smallest absolute Gasteiger partial charge is 0.232 e. The third-order valence-corrected chi connectivity index (χ3v) is 5.61. The summed E-state index contributed by atoms with van der Waals surface area (Å²) in [5.41, 5.74) is 3.30. The van der Waals surface area contributed by atoms with Gasteiger partial charge in [-0.25, -0.2) is 0 Å². The van der Waals surface area contributed by atoms with E-state index >= 15 is 0 Å². The average Bonchev–Trinajstić information content (AvgIpc) is 3.40. The quantitative estimate of drug-likeness (QED) is 0.504. The molecule has 0 spiro atoms. The van der Waals surface area contributed by atoms with Crippen LogP contribution in [0.1, 0.15) is 62.5 Å². The van der Waals surface area contributed by atoms with Crippen LogP contribution >= 0.6 is 0 Å². The second-order valence-electron chi connectivity index (χ2n) is 8.40. The molecule has 0 radical (unpaired) electrons. The highest BCUT2D eigenvalue weighted by atomic mass is 16.5. The minimum atomic E-state index is -0.0733. The van der Waals surface area contributed by atoms with E-state index in [0.717, 1.165) is 23.3 Å². The maximum absolute atomic E-state index is 12.6. The van der Waals surface area contributed by atoms with Crippen molar-refractivity contribution in [1.29, 1.82) is 0 Å². The summed E-state index contributed by atoms with van der Waals surface area (Å²) in [5, 5.41) is 4.13. The van der Waals surface area contributed by atoms with Crippen LogP contribution in [0.3, 0.4) is 0 Å². The molecule has 0 saturated carbocycles. The van der Waals surface area contributed by atoms with Gasteiger partial charge >= 0.3 is 0 Å². The maximum atomic E-state index is 12.6. The summed E-state index contributed by atoms with van der Waals surface area (Å²) in [6.45, 7) is 8.32. The Labute approximate surface area is 183 Å². The summed E-state index contributed by atoms with van der Waals surface area (Å²) in [4.78, 5) is 19.0. The highest BCUT2D eigenvalue weighted by molar-refractivity contribution is 5.79. The van der Waals surface area contributed by atoms with Crippen molar-refractivity contribution in [2.24, 2.45) is 0 Å². The zero-order valence-corrected chi connectivity index (χ0v) is 18.4. The lowest BCUT2D eigenvalue weighted by molar-refractivity contribution is -0.128. The summed E-state index contributed by atoms with van der Waals surface area (Å²) in [7, 11) is 0. The number of aromatic nitrogens is 2. The fraction of sp³-hybridized carbons (Fsp3) is 0.400. The van der Waals surface area contributed by atoms with Crippen molar-refractivity contribution in [1.82, 2.24) is 15.0 Å². The van der Waals surface area contributed by atoms with Gasteiger partial charge in [0.15, 0.2) is 0 Å². The third kappa shape index (κ3) is 4.95. The number of hydrogen-bond acceptors (Lipinski definition) is 5. The molecule has 31 heavy (non-hydrogen) atoms. The van der Waals surface area contributed by atoms with Crippen LogP contribution in [0.5, 0.6) is 5.75 Å². The van der Waals surface area contributed by atoms with Gasteiger partial charge in [0.1, 0.15) is 5.75 Å². The summed E-state index contributed by atoms with van der Waals surface area (Å²) in [6, 6.07) is 16.2. The largest absolute Gasteiger partial charge is 0.494 e. The molecule has 1 atom stereocenters. The Balaban J connectivity index is 1.39. The lowest BCUT2D eigenvalue weighted by atomic mass is 10.0. The Hall–Kier alpha value is -3.15. The van der Waals surface area contributed by atoms with E-state index < -0.39 is 0 Å². The first-order valence-corrected chi connectivity index (χ1v) is 11.0. The van der Waals surface area contributed by atoms with Crippen LogP contribution in [0.4, 0.5) is 0 Å². The van der Waals surface area contributed by atoms with Crippen molar-refractivity contribution in [2.75, 3.05) is 13.2 Å². The van der Waals surface area contributed by atoms with Crippen LogP contribution in [0, 0.1) is 0 Å². The van der Waals surface area contributed by atoms with Crippen molar-refractivity contribution < 1.29 is 14.1 Å². The monoisotopic (exact) mass is 419 g/mol. The molecule has 0 aliphatic carbocycles. The van der Waals surface area contributed by atoms with E-state index in [9.17, 15) is 4.79 Å². The molecule has 6 heteroatoms. The summed E-state index contributed by atoms with van der Waals surface area (Å²) < 4.78 is 11.1. The molecule has 2 heterocycles. The van der Waals surface area contributed by atoms with E-state index in [0.29, 0.717) is 43.8 Å². The number of benzene rings is 2. The van der Waals surface area contributed by atoms with Gasteiger partial charge < -0.3 is 14.2 Å². The lowest BCUT2D eigenvalue weighted by Crippen LogP contribution is -2.24. The summed E-state index contributed by atoms with van der Waals surface area (Å²) in [6.07, 6.45) is 1.37. The highest BCUT2D eigenvalue weighted by Crippen LogP contribution is 2.30. The molecular formula is C25H29N3O3. The van der Waals surface area contributed by atoms with Gasteiger partial charge in [-0.05, 0) is 47.7 Å². The van der Waals surface area contributed by atoms with Crippen molar-refractivity contribution in [3.8, 4) is 17.1 Å². The fourth-order valence-electron chi connectivity index (χ4n) is 3.76. The van der Waals surface area contributed by atoms with Gasteiger partial charge in [0.2, 0.25) is 17.6 Å². The second kappa shape index (κ2) is 9.33. The van der Waals surface area contributed by atoms with E-state index in [1.807, 2.05) is 29.2 Å². The normalized spacial score (nSPS) is 16.3. The molecule has 1 aliphatic heterocycles. The van der Waals surface area contributed by atoms with Gasteiger partial charge in [-0.3, -0.25) is 4.79 Å². The minimum Gasteiger partial charge on any atom is -0.494 e. The Morgan fingerprint density at radius 1 is 1.13 bits per heavy atom. The molecule has 3 aromatic rings. The van der Waals surface area contributed by atoms with Gasteiger partial charge in [0.25, 0.3) is 0 Å². The Morgan fingerprint density at radius 2 is 1.87 bits per heavy atom. The predicted molar refractivity (Wildman–Crippen MR) is 119 cm³/mol. The van der Waals surface area contributed by atoms with Crippen molar-refractivity contribution >= 4 is 5.91 Å². The SMILES string of the molecule is CCCOc1ccc(-c2noc(C3CC(=O)N(Cc4ccc(C(C)C)cc4)C3)n2)cc1. The number of likely N-dealkylation sites (tertiary alicyclic amines) is 1. The third-order valence-electron chi connectivity index (χ3n) is 5.61. The predicted octanol–water partition coefficient (Wildman–Crippen LogP) is 5.16. The number of ether oxygens (including phenoxy) is 1. The van der Waals surface area contributed by atoms with Crippen LogP contribution in [-0.2, 0) is 11.3 Å². The number of rotatable bonds is 8. The molecule has 1 aliphatic rings. The van der Waals surface area contributed by atoms with E-state index in [-0.39, 0.29) is 11.8 Å². The molecule has 2 aromatic carbocycles. The maximum Gasteiger partial charge on any atom is 0.232 e. The van der Waals surface area contributed by atoms with E-state index in [4.69, 9.17) is 9.26 Å². The number of nitrogens with zero attached hydrogens (tertiary/aromatic N) is 3. The first-order valence-electron chi connectivity index (χ1n) is 11.0. The molecule has 1 unspecified atom stereocenters. The van der Waals surface area contributed by atoms with Crippen LogP contribution in [0.25, 0.3) is 11.4 Å². The molecule has 4 rings (SSSR count). The standard InChI is InChI=1S/C25H29N3O3/c1-4-13-30-22-11-9-20(10-12-22)24-26-25(31-27-24)21-14-23(29)28(16-21)15-18-5-7-19(8-6-18)17(2)3/h5-12,17,21H,4,13-16H2,1-3H3. The first kappa shape index (κ1) is 21.1. The molecule has 0 bridgehead atoms. The van der Waals surface area contributed by atoms with Crippen LogP contribution in [0.2, 0.25) is 0 Å².